The minimum absolute atomic E-state index is 0.243. The Labute approximate surface area is 189 Å². The zero-order valence-corrected chi connectivity index (χ0v) is 18.7. The molecule has 2 aliphatic heterocycles. The summed E-state index contributed by atoms with van der Waals surface area (Å²) in [6.45, 7) is 0.287. The first-order chi connectivity index (χ1) is 14.7. The van der Waals surface area contributed by atoms with Crippen LogP contribution in [0, 0.1) is 0 Å². The van der Waals surface area contributed by atoms with E-state index in [4.69, 9.17) is 4.74 Å². The molecule has 4 rings (SSSR count). The van der Waals surface area contributed by atoms with Crippen LogP contribution in [0.25, 0.3) is 0 Å². The van der Waals surface area contributed by atoms with Gasteiger partial charge in [0, 0.05) is 22.3 Å². The van der Waals surface area contributed by atoms with Gasteiger partial charge >= 0.3 is 5.97 Å². The van der Waals surface area contributed by atoms with Crippen molar-refractivity contribution in [1.82, 2.24) is 5.32 Å². The van der Waals surface area contributed by atoms with Crippen LogP contribution in [0.5, 0.6) is 0 Å². The maximum Gasteiger partial charge on any atom is 0.340 e. The van der Waals surface area contributed by atoms with Crippen LogP contribution in [0.3, 0.4) is 0 Å². The number of nitrogens with zero attached hydrogens (tertiary/aromatic N) is 1. The van der Waals surface area contributed by atoms with Gasteiger partial charge in [0.15, 0.2) is 5.60 Å². The number of rotatable bonds is 4. The first-order valence-electron chi connectivity index (χ1n) is 9.35. The van der Waals surface area contributed by atoms with Crippen molar-refractivity contribution in [1.29, 1.82) is 0 Å². The molecule has 162 valence electrons. The van der Waals surface area contributed by atoms with E-state index >= 15 is 0 Å². The highest BCUT2D eigenvalue weighted by molar-refractivity contribution is 9.10. The number of esters is 1. The molecule has 31 heavy (non-hydrogen) atoms. The van der Waals surface area contributed by atoms with Crippen LogP contribution in [0.4, 0.5) is 10.7 Å². The molecule has 2 atom stereocenters. The fourth-order valence-electron chi connectivity index (χ4n) is 3.76. The molecule has 2 aliphatic rings. The van der Waals surface area contributed by atoms with Gasteiger partial charge < -0.3 is 25.4 Å². The molecule has 0 aliphatic carbocycles. The summed E-state index contributed by atoms with van der Waals surface area (Å²) in [5.74, 6) is -2.30. The second-order valence-corrected chi connectivity index (χ2v) is 9.02. The Morgan fingerprint density at radius 2 is 2.13 bits per heavy atom. The van der Waals surface area contributed by atoms with Gasteiger partial charge in [-0.05, 0) is 36.1 Å². The van der Waals surface area contributed by atoms with E-state index in [1.807, 2.05) is 0 Å². The van der Waals surface area contributed by atoms with E-state index in [0.717, 1.165) is 0 Å². The summed E-state index contributed by atoms with van der Waals surface area (Å²) in [6.07, 6.45) is -0.180. The number of fused-ring (bicyclic) bond motifs is 1. The van der Waals surface area contributed by atoms with Crippen LogP contribution in [0.15, 0.2) is 34.1 Å². The standard InChI is InChI=1S/C20H18BrN3O6S/c1-30-18(27)11-5-7-31-17(11)24-6-4-14(16(24)26)23-19(28)20(29)9-15(25)22-13-3-2-10(21)8-12(13)20/h2-3,5,7-8,14,29H,4,6,9H2,1H3,(H,22,25)(H,23,28). The number of aliphatic hydroxyl groups is 1. The molecule has 3 heterocycles. The van der Waals surface area contributed by atoms with E-state index in [9.17, 15) is 24.3 Å². The largest absolute Gasteiger partial charge is 0.465 e. The zero-order valence-electron chi connectivity index (χ0n) is 16.3. The zero-order chi connectivity index (χ0) is 22.3. The molecule has 9 nitrogen and oxygen atoms in total. The molecule has 1 fully saturated rings. The molecular formula is C20H18BrN3O6S. The quantitative estimate of drug-likeness (QED) is 0.541. The average molecular weight is 508 g/mol. The lowest BCUT2D eigenvalue weighted by molar-refractivity contribution is -0.147. The molecule has 11 heteroatoms. The Hall–Kier alpha value is -2.76. The van der Waals surface area contributed by atoms with E-state index in [1.54, 1.807) is 29.6 Å². The number of amides is 3. The summed E-state index contributed by atoms with van der Waals surface area (Å²) in [6, 6.07) is 5.50. The molecule has 3 amide bonds. The first kappa shape index (κ1) is 21.5. The number of halogens is 1. The van der Waals surface area contributed by atoms with Crippen molar-refractivity contribution < 1.29 is 29.0 Å². The summed E-state index contributed by atoms with van der Waals surface area (Å²) < 4.78 is 5.38. The van der Waals surface area contributed by atoms with Crippen LogP contribution in [0.1, 0.15) is 28.8 Å². The molecule has 1 aromatic heterocycles. The van der Waals surface area contributed by atoms with E-state index in [1.165, 1.54) is 23.3 Å². The fraction of sp³-hybridized carbons (Fsp3) is 0.300. The van der Waals surface area contributed by atoms with E-state index in [-0.39, 0.29) is 24.1 Å². The molecular weight excluding hydrogens is 490 g/mol. The summed E-state index contributed by atoms with van der Waals surface area (Å²) in [5, 5.41) is 18.5. The molecule has 0 spiro atoms. The van der Waals surface area contributed by atoms with E-state index < -0.39 is 41.8 Å². The third-order valence-corrected chi connectivity index (χ3v) is 6.73. The number of hydrogen-bond acceptors (Lipinski definition) is 7. The number of thiophene rings is 1. The van der Waals surface area contributed by atoms with Crippen molar-refractivity contribution in [3.63, 3.8) is 0 Å². The highest BCUT2D eigenvalue weighted by atomic mass is 79.9. The second kappa shape index (κ2) is 8.06. The number of methoxy groups -OCH3 is 1. The van der Waals surface area contributed by atoms with Gasteiger partial charge in [0.2, 0.25) is 11.8 Å². The Morgan fingerprint density at radius 1 is 1.35 bits per heavy atom. The van der Waals surface area contributed by atoms with Crippen molar-refractivity contribution in [2.24, 2.45) is 0 Å². The predicted octanol–water partition coefficient (Wildman–Crippen LogP) is 1.75. The van der Waals surface area contributed by atoms with Gasteiger partial charge in [-0.3, -0.25) is 14.4 Å². The summed E-state index contributed by atoms with van der Waals surface area (Å²) in [7, 11) is 1.26. The Bertz CT molecular complexity index is 1100. The van der Waals surface area contributed by atoms with E-state index in [2.05, 4.69) is 26.6 Å². The molecule has 2 unspecified atom stereocenters. The minimum atomic E-state index is -2.12. The van der Waals surface area contributed by atoms with Crippen molar-refractivity contribution in [3.05, 3.63) is 45.2 Å². The molecule has 0 radical (unpaired) electrons. The fourth-order valence-corrected chi connectivity index (χ4v) is 5.04. The number of ether oxygens (including phenoxy) is 1. The van der Waals surface area contributed by atoms with Crippen LogP contribution in [0.2, 0.25) is 0 Å². The maximum atomic E-state index is 13.1. The number of anilines is 2. The topological polar surface area (TPSA) is 125 Å². The van der Waals surface area contributed by atoms with Gasteiger partial charge in [0.1, 0.15) is 11.0 Å². The van der Waals surface area contributed by atoms with Gasteiger partial charge in [-0.15, -0.1) is 11.3 Å². The second-order valence-electron chi connectivity index (χ2n) is 7.21. The lowest BCUT2D eigenvalue weighted by Gasteiger charge is -2.33. The number of benzene rings is 1. The molecule has 0 bridgehead atoms. The maximum absolute atomic E-state index is 13.1. The molecule has 2 aromatic rings. The van der Waals surface area contributed by atoms with Crippen LogP contribution in [-0.4, -0.2) is 48.5 Å². The number of hydrogen-bond donors (Lipinski definition) is 3. The third-order valence-electron chi connectivity index (χ3n) is 5.30. The predicted molar refractivity (Wildman–Crippen MR) is 116 cm³/mol. The van der Waals surface area contributed by atoms with Crippen molar-refractivity contribution in [2.45, 2.75) is 24.5 Å². The Kier molecular flexibility index (Phi) is 5.58. The number of carbonyl (C=O) groups excluding carboxylic acids is 4. The molecule has 3 N–H and O–H groups in total. The third kappa shape index (κ3) is 3.73. The molecule has 0 saturated carbocycles. The summed E-state index contributed by atoms with van der Waals surface area (Å²) >= 11 is 4.52. The van der Waals surface area contributed by atoms with Gasteiger partial charge in [-0.1, -0.05) is 15.9 Å². The van der Waals surface area contributed by atoms with Gasteiger partial charge in [-0.2, -0.15) is 0 Å². The monoisotopic (exact) mass is 507 g/mol. The SMILES string of the molecule is COC(=O)c1ccsc1N1CCC(NC(=O)C2(O)CC(=O)Nc3ccc(Br)cc32)C1=O. The van der Waals surface area contributed by atoms with Crippen LogP contribution in [-0.2, 0) is 24.7 Å². The smallest absolute Gasteiger partial charge is 0.340 e. The first-order valence-corrected chi connectivity index (χ1v) is 11.0. The van der Waals surface area contributed by atoms with Gasteiger partial charge in [0.25, 0.3) is 5.91 Å². The van der Waals surface area contributed by atoms with Crippen molar-refractivity contribution >= 4 is 61.6 Å². The number of carbonyl (C=O) groups is 4. The minimum Gasteiger partial charge on any atom is -0.465 e. The van der Waals surface area contributed by atoms with E-state index in [0.29, 0.717) is 15.2 Å². The van der Waals surface area contributed by atoms with Gasteiger partial charge in [0.05, 0.1) is 19.1 Å². The summed E-state index contributed by atoms with van der Waals surface area (Å²) in [5.41, 5.74) is -1.27. The molecule has 1 saturated heterocycles. The molecule has 1 aromatic carbocycles. The normalized spacial score (nSPS) is 22.7. The van der Waals surface area contributed by atoms with Gasteiger partial charge in [-0.25, -0.2) is 4.79 Å². The van der Waals surface area contributed by atoms with Crippen LogP contribution >= 0.6 is 27.3 Å². The Morgan fingerprint density at radius 3 is 2.87 bits per heavy atom. The average Bonchev–Trinajstić information content (AvgIpc) is 3.35. The Balaban J connectivity index is 1.56. The van der Waals surface area contributed by atoms with Crippen molar-refractivity contribution in [3.8, 4) is 0 Å². The summed E-state index contributed by atoms with van der Waals surface area (Å²) in [4.78, 5) is 51.5. The number of nitrogens with one attached hydrogen (secondary N) is 2. The lowest BCUT2D eigenvalue weighted by atomic mass is 9.84. The highest BCUT2D eigenvalue weighted by Gasteiger charge is 2.47. The van der Waals surface area contributed by atoms with Crippen molar-refractivity contribution in [2.75, 3.05) is 23.9 Å². The van der Waals surface area contributed by atoms with Crippen LogP contribution < -0.4 is 15.5 Å². The highest BCUT2D eigenvalue weighted by Crippen LogP contribution is 2.38. The lowest BCUT2D eigenvalue weighted by Crippen LogP contribution is -2.53.